The monoisotopic (exact) mass is 282 g/mol. The van der Waals surface area contributed by atoms with Crippen molar-refractivity contribution < 1.29 is 14.7 Å². The molecule has 1 aromatic heterocycles. The molecule has 1 fully saturated rings. The molecule has 0 aromatic carbocycles. The Morgan fingerprint density at radius 1 is 1.53 bits per heavy atom. The highest BCUT2D eigenvalue weighted by atomic mass is 32.1. The van der Waals surface area contributed by atoms with Gasteiger partial charge in [0.05, 0.1) is 30.1 Å². The molecule has 1 aliphatic heterocycles. The van der Waals surface area contributed by atoms with Crippen LogP contribution in [0.4, 0.5) is 0 Å². The number of carbonyl (C=O) groups is 2. The summed E-state index contributed by atoms with van der Waals surface area (Å²) < 4.78 is 0. The molecular formula is C13H18N2O3S. The van der Waals surface area contributed by atoms with Crippen LogP contribution in [0.3, 0.4) is 0 Å². The molecule has 0 unspecified atom stereocenters. The van der Waals surface area contributed by atoms with Gasteiger partial charge in [-0.25, -0.2) is 0 Å². The molecule has 2 heterocycles. The van der Waals surface area contributed by atoms with Gasteiger partial charge in [0.25, 0.3) is 5.91 Å². The zero-order valence-electron chi connectivity index (χ0n) is 10.9. The Kier molecular flexibility index (Phi) is 4.21. The van der Waals surface area contributed by atoms with Crippen LogP contribution in [0.2, 0.25) is 0 Å². The molecule has 1 saturated heterocycles. The van der Waals surface area contributed by atoms with Crippen molar-refractivity contribution in [2.24, 2.45) is 0 Å². The number of nitrogens with zero attached hydrogens (tertiary/aromatic N) is 1. The highest BCUT2D eigenvalue weighted by Gasteiger charge is 2.42. The Morgan fingerprint density at radius 3 is 2.84 bits per heavy atom. The second-order valence-corrected chi connectivity index (χ2v) is 5.83. The number of likely N-dealkylation sites (tertiary alicyclic amines) is 1. The van der Waals surface area contributed by atoms with E-state index in [0.717, 1.165) is 6.42 Å². The van der Waals surface area contributed by atoms with Gasteiger partial charge in [0.1, 0.15) is 0 Å². The molecule has 0 atom stereocenters. The number of β-amino-alcohol motifs (C(OH)–C–C–N with tert-alkyl or cyclic N) is 1. The maximum Gasteiger partial charge on any atom is 0.261 e. The third kappa shape index (κ3) is 3.33. The number of hydrogen-bond acceptors (Lipinski definition) is 4. The predicted octanol–water partition coefficient (Wildman–Crippen LogP) is 0.851. The largest absolute Gasteiger partial charge is 0.386 e. The van der Waals surface area contributed by atoms with Gasteiger partial charge in [-0.1, -0.05) is 19.4 Å². The zero-order chi connectivity index (χ0) is 13.9. The van der Waals surface area contributed by atoms with Crippen molar-refractivity contribution in [1.29, 1.82) is 0 Å². The van der Waals surface area contributed by atoms with Crippen LogP contribution < -0.4 is 5.32 Å². The summed E-state index contributed by atoms with van der Waals surface area (Å²) in [6.45, 7) is 2.73. The molecule has 0 aliphatic carbocycles. The van der Waals surface area contributed by atoms with E-state index in [0.29, 0.717) is 24.4 Å². The Morgan fingerprint density at radius 2 is 2.26 bits per heavy atom. The molecule has 6 heteroatoms. The van der Waals surface area contributed by atoms with E-state index >= 15 is 0 Å². The molecule has 2 amide bonds. The molecule has 0 spiro atoms. The van der Waals surface area contributed by atoms with Crippen molar-refractivity contribution in [3.63, 3.8) is 0 Å². The minimum Gasteiger partial charge on any atom is -0.386 e. The van der Waals surface area contributed by atoms with Gasteiger partial charge in [-0.15, -0.1) is 11.3 Å². The number of rotatable bonds is 5. The van der Waals surface area contributed by atoms with E-state index in [1.165, 1.54) is 11.3 Å². The van der Waals surface area contributed by atoms with E-state index in [-0.39, 0.29) is 18.4 Å². The summed E-state index contributed by atoms with van der Waals surface area (Å²) in [5.74, 6) is -0.377. The fraction of sp³-hybridized carbons (Fsp3) is 0.538. The van der Waals surface area contributed by atoms with Crippen molar-refractivity contribution in [2.75, 3.05) is 19.6 Å². The first-order valence-corrected chi connectivity index (χ1v) is 7.24. The minimum atomic E-state index is -0.720. The second-order valence-electron chi connectivity index (χ2n) is 4.88. The quantitative estimate of drug-likeness (QED) is 0.841. The molecule has 5 nitrogen and oxygen atoms in total. The molecule has 1 aliphatic rings. The lowest BCUT2D eigenvalue weighted by atomic mass is 9.89. The van der Waals surface area contributed by atoms with Gasteiger partial charge < -0.3 is 15.3 Å². The first-order chi connectivity index (χ1) is 9.04. The van der Waals surface area contributed by atoms with Crippen molar-refractivity contribution in [3.8, 4) is 0 Å². The molecule has 0 bridgehead atoms. The third-order valence-electron chi connectivity index (χ3n) is 3.18. The molecular weight excluding hydrogens is 264 g/mol. The maximum atomic E-state index is 11.8. The van der Waals surface area contributed by atoms with E-state index in [1.54, 1.807) is 17.0 Å². The fourth-order valence-corrected chi connectivity index (χ4v) is 2.87. The number of amides is 2. The van der Waals surface area contributed by atoms with E-state index in [1.807, 2.05) is 12.3 Å². The highest BCUT2D eigenvalue weighted by molar-refractivity contribution is 7.12. The summed E-state index contributed by atoms with van der Waals surface area (Å²) in [5.41, 5.74) is -0.720. The summed E-state index contributed by atoms with van der Waals surface area (Å²) in [4.78, 5) is 25.6. The van der Waals surface area contributed by atoms with Crippen molar-refractivity contribution >= 4 is 23.2 Å². The summed E-state index contributed by atoms with van der Waals surface area (Å²) in [6.07, 6.45) is 1.60. The lowest BCUT2D eigenvalue weighted by molar-refractivity contribution is -0.155. The molecule has 0 saturated carbocycles. The van der Waals surface area contributed by atoms with Gasteiger partial charge in [-0.3, -0.25) is 9.59 Å². The standard InChI is InChI=1S/C13H18N2O3S/c1-2-5-13(18)8-15(9-13)11(16)7-14-12(17)10-4-3-6-19-10/h3-4,6,18H,2,5,7-9H2,1H3,(H,14,17). The van der Waals surface area contributed by atoms with Crippen LogP contribution in [0.5, 0.6) is 0 Å². The average molecular weight is 282 g/mol. The second kappa shape index (κ2) is 5.71. The van der Waals surface area contributed by atoms with Gasteiger partial charge in [0, 0.05) is 0 Å². The Hall–Kier alpha value is -1.40. The number of hydrogen-bond donors (Lipinski definition) is 2. The van der Waals surface area contributed by atoms with E-state index in [9.17, 15) is 14.7 Å². The fourth-order valence-electron chi connectivity index (χ4n) is 2.23. The van der Waals surface area contributed by atoms with Crippen LogP contribution in [0.1, 0.15) is 29.4 Å². The molecule has 104 valence electrons. The van der Waals surface area contributed by atoms with Crippen LogP contribution in [-0.4, -0.2) is 47.1 Å². The summed E-state index contributed by atoms with van der Waals surface area (Å²) in [7, 11) is 0. The van der Waals surface area contributed by atoms with Gasteiger partial charge in [0.2, 0.25) is 5.91 Å². The first kappa shape index (κ1) is 14.0. The number of aliphatic hydroxyl groups is 1. The van der Waals surface area contributed by atoms with Crippen LogP contribution in [0.25, 0.3) is 0 Å². The smallest absolute Gasteiger partial charge is 0.261 e. The highest BCUT2D eigenvalue weighted by Crippen LogP contribution is 2.25. The van der Waals surface area contributed by atoms with Crippen molar-refractivity contribution in [3.05, 3.63) is 22.4 Å². The third-order valence-corrected chi connectivity index (χ3v) is 4.05. The van der Waals surface area contributed by atoms with E-state index < -0.39 is 5.60 Å². The van der Waals surface area contributed by atoms with Crippen LogP contribution in [0.15, 0.2) is 17.5 Å². The predicted molar refractivity (Wildman–Crippen MR) is 73.1 cm³/mol. The Bertz CT molecular complexity index is 452. The van der Waals surface area contributed by atoms with Gasteiger partial charge >= 0.3 is 0 Å². The number of carbonyl (C=O) groups excluding carboxylic acids is 2. The van der Waals surface area contributed by atoms with Gasteiger partial charge in [-0.05, 0) is 17.9 Å². The Balaban J connectivity index is 1.73. The summed E-state index contributed by atoms with van der Waals surface area (Å²) in [6, 6.07) is 3.51. The van der Waals surface area contributed by atoms with Gasteiger partial charge in [-0.2, -0.15) is 0 Å². The summed E-state index contributed by atoms with van der Waals surface area (Å²) in [5, 5.41) is 14.4. The van der Waals surface area contributed by atoms with E-state index in [2.05, 4.69) is 5.32 Å². The van der Waals surface area contributed by atoms with Crippen molar-refractivity contribution in [2.45, 2.75) is 25.4 Å². The summed E-state index contributed by atoms with van der Waals surface area (Å²) >= 11 is 1.34. The lowest BCUT2D eigenvalue weighted by Gasteiger charge is -2.46. The van der Waals surface area contributed by atoms with E-state index in [4.69, 9.17) is 0 Å². The van der Waals surface area contributed by atoms with Gasteiger partial charge in [0.15, 0.2) is 0 Å². The normalized spacial score (nSPS) is 16.8. The molecule has 2 rings (SSSR count). The topological polar surface area (TPSA) is 69.6 Å². The SMILES string of the molecule is CCCC1(O)CN(C(=O)CNC(=O)c2cccs2)C1. The van der Waals surface area contributed by atoms with Crippen molar-refractivity contribution in [1.82, 2.24) is 10.2 Å². The Labute approximate surface area is 116 Å². The molecule has 1 aromatic rings. The zero-order valence-corrected chi connectivity index (χ0v) is 11.7. The maximum absolute atomic E-state index is 11.8. The number of nitrogens with one attached hydrogen (secondary N) is 1. The molecule has 0 radical (unpaired) electrons. The average Bonchev–Trinajstić information content (AvgIpc) is 2.86. The first-order valence-electron chi connectivity index (χ1n) is 6.36. The van der Waals surface area contributed by atoms with Crippen LogP contribution in [-0.2, 0) is 4.79 Å². The molecule has 19 heavy (non-hydrogen) atoms. The molecule has 2 N–H and O–H groups in total. The van der Waals surface area contributed by atoms with Crippen LogP contribution >= 0.6 is 11.3 Å². The minimum absolute atomic E-state index is 0.0149. The lowest BCUT2D eigenvalue weighted by Crippen LogP contribution is -2.64. The number of thiophene rings is 1. The van der Waals surface area contributed by atoms with Crippen LogP contribution in [0, 0.1) is 0 Å².